The molecule has 0 atom stereocenters. The minimum Gasteiger partial charge on any atom is -0.467 e. The van der Waals surface area contributed by atoms with E-state index in [-0.39, 0.29) is 33.9 Å². The summed E-state index contributed by atoms with van der Waals surface area (Å²) >= 11 is 5.83. The molecule has 0 spiro atoms. The minimum atomic E-state index is -4.64. The molecule has 4 rings (SSSR count). The molecule has 0 saturated carbocycles. The number of carbonyl (C=O) groups is 4. The van der Waals surface area contributed by atoms with Gasteiger partial charge in [-0.3, -0.25) is 19.3 Å². The number of ether oxygens (including phenoxy) is 1. The molecule has 1 aromatic heterocycles. The van der Waals surface area contributed by atoms with Crippen molar-refractivity contribution in [2.45, 2.75) is 12.7 Å². The summed E-state index contributed by atoms with van der Waals surface area (Å²) in [4.78, 5) is 50.6. The number of fused-ring (bicyclic) bond motifs is 1. The summed E-state index contributed by atoms with van der Waals surface area (Å²) in [6.45, 7) is -0.919. The van der Waals surface area contributed by atoms with Gasteiger partial charge in [0.1, 0.15) is 5.76 Å². The number of anilines is 1. The van der Waals surface area contributed by atoms with E-state index in [1.54, 1.807) is 12.1 Å². The summed E-state index contributed by atoms with van der Waals surface area (Å²) in [5.74, 6) is -2.71. The summed E-state index contributed by atoms with van der Waals surface area (Å²) in [5.41, 5.74) is -1.35. The third-order valence-electron chi connectivity index (χ3n) is 5.00. The van der Waals surface area contributed by atoms with Crippen molar-refractivity contribution in [3.05, 3.63) is 87.8 Å². The molecule has 1 N–H and O–H groups in total. The van der Waals surface area contributed by atoms with Crippen molar-refractivity contribution in [3.63, 3.8) is 0 Å². The molecule has 3 amide bonds. The molecule has 0 saturated heterocycles. The molecule has 2 aromatic carbocycles. The number of halogens is 4. The van der Waals surface area contributed by atoms with Crippen LogP contribution in [-0.2, 0) is 22.3 Å². The highest BCUT2D eigenvalue weighted by molar-refractivity contribution is 6.33. The predicted molar refractivity (Wildman–Crippen MR) is 115 cm³/mol. The van der Waals surface area contributed by atoms with Gasteiger partial charge in [0.2, 0.25) is 0 Å². The number of benzene rings is 2. The average Bonchev–Trinajstić information content (AvgIpc) is 3.41. The van der Waals surface area contributed by atoms with Gasteiger partial charge in [-0.05, 0) is 48.5 Å². The van der Waals surface area contributed by atoms with E-state index >= 15 is 0 Å². The maximum atomic E-state index is 12.9. The van der Waals surface area contributed by atoms with E-state index in [0.717, 1.165) is 17.0 Å². The molecule has 0 fully saturated rings. The fourth-order valence-electron chi connectivity index (χ4n) is 3.32. The molecule has 0 unspecified atom stereocenters. The van der Waals surface area contributed by atoms with Crippen LogP contribution in [-0.4, -0.2) is 35.2 Å². The summed E-state index contributed by atoms with van der Waals surface area (Å²) in [7, 11) is 0. The van der Waals surface area contributed by atoms with Crippen LogP contribution in [0.1, 0.15) is 42.4 Å². The van der Waals surface area contributed by atoms with E-state index in [2.05, 4.69) is 5.32 Å². The number of nitrogens with one attached hydrogen (secondary N) is 1. The Kier molecular flexibility index (Phi) is 6.35. The van der Waals surface area contributed by atoms with Crippen molar-refractivity contribution in [1.29, 1.82) is 0 Å². The zero-order chi connectivity index (χ0) is 25.3. The Hall–Kier alpha value is -4.12. The SMILES string of the molecule is O=C(COC(=O)c1ccc2c(c1)C(=O)N(Cc1ccco1)C2=O)Nc1cc(C(F)(F)F)ccc1Cl. The van der Waals surface area contributed by atoms with Gasteiger partial charge in [0.05, 0.1) is 45.8 Å². The number of rotatable bonds is 6. The molecule has 8 nitrogen and oxygen atoms in total. The summed E-state index contributed by atoms with van der Waals surface area (Å²) in [5, 5.41) is 2.01. The van der Waals surface area contributed by atoms with Crippen molar-refractivity contribution in [2.75, 3.05) is 11.9 Å². The van der Waals surface area contributed by atoms with Gasteiger partial charge in [0.25, 0.3) is 17.7 Å². The molecule has 0 aliphatic carbocycles. The molecule has 1 aliphatic rings. The number of hydrogen-bond donors (Lipinski definition) is 1. The summed E-state index contributed by atoms with van der Waals surface area (Å²) in [6.07, 6.45) is -3.24. The maximum Gasteiger partial charge on any atom is 0.416 e. The Morgan fingerprint density at radius 2 is 1.77 bits per heavy atom. The van der Waals surface area contributed by atoms with E-state index in [0.29, 0.717) is 11.8 Å². The van der Waals surface area contributed by atoms with E-state index in [9.17, 15) is 32.3 Å². The Morgan fingerprint density at radius 3 is 2.46 bits per heavy atom. The summed E-state index contributed by atoms with van der Waals surface area (Å²) < 4.78 is 48.6. The number of amides is 3. The lowest BCUT2D eigenvalue weighted by Gasteiger charge is -2.12. The highest BCUT2D eigenvalue weighted by atomic mass is 35.5. The number of hydrogen-bond acceptors (Lipinski definition) is 6. The van der Waals surface area contributed by atoms with E-state index in [1.165, 1.54) is 24.5 Å². The predicted octanol–water partition coefficient (Wildman–Crippen LogP) is 4.54. The largest absolute Gasteiger partial charge is 0.467 e. The van der Waals surface area contributed by atoms with Crippen LogP contribution in [0.25, 0.3) is 0 Å². The maximum absolute atomic E-state index is 12.9. The number of nitrogens with zero attached hydrogens (tertiary/aromatic N) is 1. The van der Waals surface area contributed by atoms with Crippen LogP contribution in [0.2, 0.25) is 5.02 Å². The van der Waals surface area contributed by atoms with Crippen LogP contribution >= 0.6 is 11.6 Å². The zero-order valence-corrected chi connectivity index (χ0v) is 18.3. The third-order valence-corrected chi connectivity index (χ3v) is 5.33. The molecule has 3 aromatic rings. The molecule has 35 heavy (non-hydrogen) atoms. The Labute approximate surface area is 200 Å². The van der Waals surface area contributed by atoms with Gasteiger partial charge in [-0.25, -0.2) is 4.79 Å². The average molecular weight is 507 g/mol. The van der Waals surface area contributed by atoms with Crippen molar-refractivity contribution in [1.82, 2.24) is 4.90 Å². The first-order valence-electron chi connectivity index (χ1n) is 9.91. The molecule has 12 heteroatoms. The van der Waals surface area contributed by atoms with Crippen molar-refractivity contribution < 1.29 is 41.5 Å². The summed E-state index contributed by atoms with van der Waals surface area (Å²) in [6, 6.07) is 9.31. The quantitative estimate of drug-likeness (QED) is 0.388. The molecule has 1 aliphatic heterocycles. The molecule has 2 heterocycles. The smallest absolute Gasteiger partial charge is 0.416 e. The third kappa shape index (κ3) is 5.04. The molecular weight excluding hydrogens is 493 g/mol. The second-order valence-corrected chi connectivity index (χ2v) is 7.76. The molecular formula is C23H14ClF3N2O6. The van der Waals surface area contributed by atoms with E-state index < -0.39 is 42.0 Å². The lowest BCUT2D eigenvalue weighted by molar-refractivity contribution is -0.137. The Morgan fingerprint density at radius 1 is 1.03 bits per heavy atom. The number of alkyl halides is 3. The first kappa shape index (κ1) is 24.0. The number of esters is 1. The van der Waals surface area contributed by atoms with Gasteiger partial charge >= 0.3 is 12.1 Å². The minimum absolute atomic E-state index is 0.0174. The normalized spacial score (nSPS) is 13.1. The highest BCUT2D eigenvalue weighted by Crippen LogP contribution is 2.34. The number of imide groups is 1. The van der Waals surface area contributed by atoms with Crippen LogP contribution in [0.4, 0.5) is 18.9 Å². The molecule has 0 bridgehead atoms. The van der Waals surface area contributed by atoms with Gasteiger partial charge < -0.3 is 14.5 Å². The van der Waals surface area contributed by atoms with Gasteiger partial charge in [-0.2, -0.15) is 13.2 Å². The van der Waals surface area contributed by atoms with E-state index in [1.807, 2.05) is 0 Å². The standard InChI is InChI=1S/C23H14ClF3N2O6/c24-17-6-4-13(23(25,26)27)9-18(17)28-19(30)11-35-22(33)12-3-5-15-16(8-12)21(32)29(20(15)31)10-14-2-1-7-34-14/h1-9H,10-11H2,(H,28,30). The fourth-order valence-corrected chi connectivity index (χ4v) is 3.48. The number of carbonyl (C=O) groups excluding carboxylic acids is 4. The van der Waals surface area contributed by atoms with Crippen molar-refractivity contribution in [3.8, 4) is 0 Å². The van der Waals surface area contributed by atoms with Crippen LogP contribution in [0.3, 0.4) is 0 Å². The monoisotopic (exact) mass is 506 g/mol. The Bertz CT molecular complexity index is 1340. The fraction of sp³-hybridized carbons (Fsp3) is 0.130. The Balaban J connectivity index is 1.40. The van der Waals surface area contributed by atoms with Crippen LogP contribution < -0.4 is 5.32 Å². The van der Waals surface area contributed by atoms with E-state index in [4.69, 9.17) is 20.8 Å². The van der Waals surface area contributed by atoms with Crippen LogP contribution in [0.5, 0.6) is 0 Å². The topological polar surface area (TPSA) is 106 Å². The van der Waals surface area contributed by atoms with Crippen molar-refractivity contribution in [2.24, 2.45) is 0 Å². The van der Waals surface area contributed by atoms with Gasteiger partial charge in [0, 0.05) is 0 Å². The molecule has 0 radical (unpaired) electrons. The van der Waals surface area contributed by atoms with Crippen molar-refractivity contribution >= 4 is 41.0 Å². The van der Waals surface area contributed by atoms with Gasteiger partial charge in [-0.15, -0.1) is 0 Å². The zero-order valence-electron chi connectivity index (χ0n) is 17.5. The first-order chi connectivity index (χ1) is 16.5. The second kappa shape index (κ2) is 9.26. The highest BCUT2D eigenvalue weighted by Gasteiger charge is 2.36. The van der Waals surface area contributed by atoms with Gasteiger partial charge in [-0.1, -0.05) is 11.6 Å². The lowest BCUT2D eigenvalue weighted by atomic mass is 10.1. The first-order valence-corrected chi connectivity index (χ1v) is 10.3. The lowest BCUT2D eigenvalue weighted by Crippen LogP contribution is -2.28. The van der Waals surface area contributed by atoms with Crippen LogP contribution in [0.15, 0.2) is 59.2 Å². The van der Waals surface area contributed by atoms with Gasteiger partial charge in [0.15, 0.2) is 6.61 Å². The number of furan rings is 1. The second-order valence-electron chi connectivity index (χ2n) is 7.35. The molecule has 180 valence electrons. The van der Waals surface area contributed by atoms with Crippen LogP contribution in [0, 0.1) is 0 Å².